The molecule has 0 aromatic rings. The third kappa shape index (κ3) is 0.920. The van der Waals surface area contributed by atoms with Gasteiger partial charge >= 0.3 is 0 Å². The average molecular weight is 156 g/mol. The Bertz CT molecular complexity index is 200. The molecule has 0 spiro atoms. The fraction of sp³-hybridized carbons (Fsp3) is 0.400. The fourth-order valence-electron chi connectivity index (χ4n) is 0.986. The van der Waals surface area contributed by atoms with E-state index in [-0.39, 0.29) is 5.37 Å². The van der Waals surface area contributed by atoms with Crippen molar-refractivity contribution in [3.8, 4) is 0 Å². The van der Waals surface area contributed by atoms with Crippen LogP contribution in [0, 0.1) is 0 Å². The van der Waals surface area contributed by atoms with Crippen molar-refractivity contribution in [1.82, 2.24) is 9.73 Å². The van der Waals surface area contributed by atoms with Crippen LogP contribution < -0.4 is 11.2 Å². The van der Waals surface area contributed by atoms with E-state index in [9.17, 15) is 0 Å². The van der Waals surface area contributed by atoms with E-state index >= 15 is 0 Å². The molecule has 0 aromatic heterocycles. The zero-order chi connectivity index (χ0) is 6.97. The summed E-state index contributed by atoms with van der Waals surface area (Å²) < 4.78 is 1.70. The maximum Gasteiger partial charge on any atom is 0.136 e. The molecule has 4 nitrogen and oxygen atoms in total. The average Bonchev–Trinajstić information content (AvgIpc) is 2.27. The lowest BCUT2D eigenvalue weighted by molar-refractivity contribution is 0.559. The SMILES string of the molecule is NN1CC2=CNC=NC2S1. The number of hydrazine groups is 1. The molecule has 0 aromatic carbocycles. The van der Waals surface area contributed by atoms with E-state index in [1.54, 1.807) is 22.7 Å². The summed E-state index contributed by atoms with van der Waals surface area (Å²) in [7, 11) is 0. The van der Waals surface area contributed by atoms with Gasteiger partial charge in [-0.25, -0.2) is 0 Å². The van der Waals surface area contributed by atoms with Crippen molar-refractivity contribution in [2.45, 2.75) is 5.37 Å². The highest BCUT2D eigenvalue weighted by Gasteiger charge is 2.26. The van der Waals surface area contributed by atoms with E-state index in [1.807, 2.05) is 6.20 Å². The smallest absolute Gasteiger partial charge is 0.136 e. The van der Waals surface area contributed by atoms with Gasteiger partial charge < -0.3 is 5.32 Å². The van der Waals surface area contributed by atoms with E-state index < -0.39 is 0 Å². The minimum absolute atomic E-state index is 0.228. The Kier molecular flexibility index (Phi) is 1.40. The molecular weight excluding hydrogens is 148 g/mol. The summed E-state index contributed by atoms with van der Waals surface area (Å²) in [6.07, 6.45) is 3.65. The first-order valence-electron chi connectivity index (χ1n) is 3.02. The maximum atomic E-state index is 5.55. The lowest BCUT2D eigenvalue weighted by atomic mass is 10.3. The Labute approximate surface area is 63.3 Å². The third-order valence-corrected chi connectivity index (χ3v) is 2.47. The predicted molar refractivity (Wildman–Crippen MR) is 42.0 cm³/mol. The second-order valence-corrected chi connectivity index (χ2v) is 3.32. The van der Waals surface area contributed by atoms with Crippen molar-refractivity contribution < 1.29 is 0 Å². The minimum atomic E-state index is 0.228. The first-order chi connectivity index (χ1) is 4.86. The van der Waals surface area contributed by atoms with Crippen molar-refractivity contribution in [3.63, 3.8) is 0 Å². The van der Waals surface area contributed by atoms with Gasteiger partial charge in [0.05, 0.1) is 12.9 Å². The highest BCUT2D eigenvalue weighted by molar-refractivity contribution is 7.98. The van der Waals surface area contributed by atoms with Crippen molar-refractivity contribution in [2.24, 2.45) is 10.8 Å². The van der Waals surface area contributed by atoms with Crippen LogP contribution in [0.15, 0.2) is 16.8 Å². The molecule has 0 bridgehead atoms. The van der Waals surface area contributed by atoms with Crippen LogP contribution in [0.5, 0.6) is 0 Å². The highest BCUT2D eigenvalue weighted by Crippen LogP contribution is 2.30. The van der Waals surface area contributed by atoms with Gasteiger partial charge in [-0.3, -0.25) is 10.8 Å². The monoisotopic (exact) mass is 156 g/mol. The number of hydrogen-bond acceptors (Lipinski definition) is 5. The summed E-state index contributed by atoms with van der Waals surface area (Å²) >= 11 is 1.55. The molecule has 5 heteroatoms. The topological polar surface area (TPSA) is 53.6 Å². The molecule has 10 heavy (non-hydrogen) atoms. The van der Waals surface area contributed by atoms with Crippen molar-refractivity contribution in [2.75, 3.05) is 6.54 Å². The van der Waals surface area contributed by atoms with Gasteiger partial charge in [0.1, 0.15) is 5.37 Å². The molecule has 0 aliphatic carbocycles. The molecular formula is C5H8N4S. The molecule has 0 saturated carbocycles. The number of hydrogen-bond donors (Lipinski definition) is 2. The van der Waals surface area contributed by atoms with Crippen LogP contribution in [0.2, 0.25) is 0 Å². The number of aliphatic imine (C=N–C) groups is 1. The van der Waals surface area contributed by atoms with Crippen molar-refractivity contribution in [1.29, 1.82) is 0 Å². The van der Waals surface area contributed by atoms with Crippen LogP contribution in [0.25, 0.3) is 0 Å². The summed E-state index contributed by atoms with van der Waals surface area (Å²) in [5.41, 5.74) is 1.25. The zero-order valence-electron chi connectivity index (χ0n) is 5.32. The number of fused-ring (bicyclic) bond motifs is 1. The van der Waals surface area contributed by atoms with Crippen LogP contribution in [-0.2, 0) is 0 Å². The second kappa shape index (κ2) is 2.26. The largest absolute Gasteiger partial charge is 0.353 e. The molecule has 1 saturated heterocycles. The Morgan fingerprint density at radius 3 is 3.60 bits per heavy atom. The van der Waals surface area contributed by atoms with Gasteiger partial charge in [0.2, 0.25) is 0 Å². The van der Waals surface area contributed by atoms with E-state index in [4.69, 9.17) is 5.84 Å². The van der Waals surface area contributed by atoms with Crippen LogP contribution in [0.3, 0.4) is 0 Å². The van der Waals surface area contributed by atoms with E-state index in [2.05, 4.69) is 10.3 Å². The molecule has 1 atom stereocenters. The Morgan fingerprint density at radius 2 is 2.80 bits per heavy atom. The number of rotatable bonds is 0. The van der Waals surface area contributed by atoms with Gasteiger partial charge in [0.15, 0.2) is 0 Å². The molecule has 3 N–H and O–H groups in total. The van der Waals surface area contributed by atoms with Crippen molar-refractivity contribution in [3.05, 3.63) is 11.8 Å². The number of nitrogens with zero attached hydrogens (tertiary/aromatic N) is 2. The standard InChI is InChI=1S/C5H8N4S/c6-9-2-4-1-7-3-8-5(4)10-9/h1,3,5H,2,6H2,(H,7,8). The summed E-state index contributed by atoms with van der Waals surface area (Å²) in [5.74, 6) is 5.55. The highest BCUT2D eigenvalue weighted by atomic mass is 32.2. The first kappa shape index (κ1) is 6.21. The van der Waals surface area contributed by atoms with Gasteiger partial charge in [-0.1, -0.05) is 0 Å². The number of nitrogens with one attached hydrogen (secondary N) is 1. The third-order valence-electron chi connectivity index (χ3n) is 1.44. The van der Waals surface area contributed by atoms with Gasteiger partial charge in [-0.15, -0.1) is 0 Å². The van der Waals surface area contributed by atoms with Gasteiger partial charge in [0.25, 0.3) is 0 Å². The van der Waals surface area contributed by atoms with E-state index in [1.165, 1.54) is 5.57 Å². The van der Waals surface area contributed by atoms with Gasteiger partial charge in [-0.2, -0.15) is 4.41 Å². The van der Waals surface area contributed by atoms with Gasteiger partial charge in [-0.05, 0) is 17.5 Å². The quantitative estimate of drug-likeness (QED) is 0.372. The number of nitrogens with two attached hydrogens (primary N) is 1. The molecule has 0 amide bonds. The summed E-state index contributed by atoms with van der Waals surface area (Å²) in [6, 6.07) is 0. The molecule has 2 aliphatic heterocycles. The molecule has 2 heterocycles. The first-order valence-corrected chi connectivity index (χ1v) is 3.85. The summed E-state index contributed by atoms with van der Waals surface area (Å²) in [4.78, 5) is 4.18. The minimum Gasteiger partial charge on any atom is -0.353 e. The normalized spacial score (nSPS) is 31.3. The maximum absolute atomic E-state index is 5.55. The Balaban J connectivity index is 2.19. The van der Waals surface area contributed by atoms with E-state index in [0.29, 0.717) is 0 Å². The van der Waals surface area contributed by atoms with Crippen LogP contribution in [0.1, 0.15) is 0 Å². The molecule has 54 valence electrons. The molecule has 1 unspecified atom stereocenters. The van der Waals surface area contributed by atoms with Crippen LogP contribution >= 0.6 is 11.9 Å². The lowest BCUT2D eigenvalue weighted by Gasteiger charge is -2.07. The molecule has 1 fully saturated rings. The second-order valence-electron chi connectivity index (χ2n) is 2.20. The lowest BCUT2D eigenvalue weighted by Crippen LogP contribution is -2.20. The predicted octanol–water partition coefficient (Wildman–Crippen LogP) is -0.335. The fourth-order valence-corrected chi connectivity index (χ4v) is 1.86. The van der Waals surface area contributed by atoms with Gasteiger partial charge in [0, 0.05) is 6.20 Å². The van der Waals surface area contributed by atoms with Crippen LogP contribution in [0.4, 0.5) is 0 Å². The summed E-state index contributed by atoms with van der Waals surface area (Å²) in [5, 5.41) is 3.16. The molecule has 2 aliphatic rings. The van der Waals surface area contributed by atoms with Crippen molar-refractivity contribution >= 4 is 18.3 Å². The molecule has 2 rings (SSSR count). The zero-order valence-corrected chi connectivity index (χ0v) is 6.14. The summed E-state index contributed by atoms with van der Waals surface area (Å²) in [6.45, 7) is 0.805. The Morgan fingerprint density at radius 1 is 1.90 bits per heavy atom. The molecule has 0 radical (unpaired) electrons. The van der Waals surface area contributed by atoms with Crippen LogP contribution in [-0.4, -0.2) is 22.7 Å². The van der Waals surface area contributed by atoms with E-state index in [0.717, 1.165) is 6.54 Å². The Hall–Kier alpha value is -0.520.